The molecule has 0 radical (unpaired) electrons. The molecule has 0 bridgehead atoms. The van der Waals surface area contributed by atoms with E-state index in [0.717, 1.165) is 46.4 Å². The van der Waals surface area contributed by atoms with Crippen LogP contribution in [0.15, 0.2) is 88.2 Å². The average molecular weight is 671 g/mol. The van der Waals surface area contributed by atoms with Crippen LogP contribution in [0.3, 0.4) is 0 Å². The van der Waals surface area contributed by atoms with Crippen molar-refractivity contribution in [3.05, 3.63) is 88.9 Å². The second-order valence-electron chi connectivity index (χ2n) is 10.7. The van der Waals surface area contributed by atoms with E-state index in [4.69, 9.17) is 4.74 Å². The molecule has 1 N–H and O–H groups in total. The van der Waals surface area contributed by atoms with E-state index in [-0.39, 0.29) is 23.4 Å². The molecule has 1 fully saturated rings. The van der Waals surface area contributed by atoms with Crippen LogP contribution in [0.1, 0.15) is 57.9 Å². The highest BCUT2D eigenvalue weighted by Gasteiger charge is 2.34. The molecule has 43 heavy (non-hydrogen) atoms. The van der Waals surface area contributed by atoms with Gasteiger partial charge in [0.15, 0.2) is 0 Å². The maximum Gasteiger partial charge on any atom is 0.264 e. The number of amides is 2. The number of benzene rings is 3. The van der Waals surface area contributed by atoms with Crippen LogP contribution in [0, 0.1) is 0 Å². The number of halogens is 1. The van der Waals surface area contributed by atoms with E-state index in [2.05, 4.69) is 21.2 Å². The van der Waals surface area contributed by atoms with Crippen LogP contribution in [-0.2, 0) is 26.2 Å². The van der Waals surface area contributed by atoms with Crippen LogP contribution in [0.2, 0.25) is 0 Å². The molecule has 0 spiro atoms. The van der Waals surface area contributed by atoms with Crippen LogP contribution in [0.25, 0.3) is 0 Å². The average Bonchev–Trinajstić information content (AvgIpc) is 3.01. The SMILES string of the molecule is CCOc1ccc(N(CC(=O)N(Cc2ccccc2)C(CC)C(=O)NC2CCCCC2)S(=O)(=O)c2ccc(Br)cc2)cc1. The summed E-state index contributed by atoms with van der Waals surface area (Å²) in [6.45, 7) is 3.90. The van der Waals surface area contributed by atoms with Crippen molar-refractivity contribution in [1.29, 1.82) is 0 Å². The van der Waals surface area contributed by atoms with Gasteiger partial charge in [0.2, 0.25) is 11.8 Å². The predicted molar refractivity (Wildman–Crippen MR) is 172 cm³/mol. The topological polar surface area (TPSA) is 96.0 Å². The van der Waals surface area contributed by atoms with E-state index < -0.39 is 28.5 Å². The molecule has 1 aliphatic rings. The van der Waals surface area contributed by atoms with Crippen molar-refractivity contribution in [2.45, 2.75) is 75.9 Å². The number of sulfonamides is 1. The summed E-state index contributed by atoms with van der Waals surface area (Å²) in [6, 6.07) is 21.7. The smallest absolute Gasteiger partial charge is 0.264 e. The van der Waals surface area contributed by atoms with E-state index in [1.165, 1.54) is 17.0 Å². The lowest BCUT2D eigenvalue weighted by Gasteiger charge is -2.34. The molecular weight excluding hydrogens is 630 g/mol. The first kappa shape index (κ1) is 32.5. The van der Waals surface area contributed by atoms with Gasteiger partial charge in [0, 0.05) is 17.1 Å². The van der Waals surface area contributed by atoms with Crippen molar-refractivity contribution in [1.82, 2.24) is 10.2 Å². The fraction of sp³-hybridized carbons (Fsp3) is 0.394. The molecule has 230 valence electrons. The van der Waals surface area contributed by atoms with Crippen molar-refractivity contribution in [3.8, 4) is 5.75 Å². The first-order valence-corrected chi connectivity index (χ1v) is 17.1. The van der Waals surface area contributed by atoms with Gasteiger partial charge in [-0.3, -0.25) is 13.9 Å². The molecule has 3 aromatic carbocycles. The Kier molecular flexibility index (Phi) is 11.6. The Morgan fingerprint density at radius 3 is 2.19 bits per heavy atom. The minimum absolute atomic E-state index is 0.0501. The second-order valence-corrected chi connectivity index (χ2v) is 13.4. The summed E-state index contributed by atoms with van der Waals surface area (Å²) in [6.07, 6.45) is 5.53. The van der Waals surface area contributed by atoms with Crippen molar-refractivity contribution < 1.29 is 22.7 Å². The summed E-state index contributed by atoms with van der Waals surface area (Å²) in [5.74, 6) is -0.0826. The van der Waals surface area contributed by atoms with Gasteiger partial charge in [0.05, 0.1) is 17.2 Å². The van der Waals surface area contributed by atoms with Crippen molar-refractivity contribution in [2.24, 2.45) is 0 Å². The number of anilines is 1. The Hall–Kier alpha value is -3.37. The van der Waals surface area contributed by atoms with Gasteiger partial charge in [-0.15, -0.1) is 0 Å². The molecule has 10 heteroatoms. The van der Waals surface area contributed by atoms with Crippen molar-refractivity contribution >= 4 is 43.5 Å². The van der Waals surface area contributed by atoms with E-state index >= 15 is 0 Å². The van der Waals surface area contributed by atoms with Crippen LogP contribution in [0.5, 0.6) is 5.75 Å². The number of hydrogen-bond acceptors (Lipinski definition) is 5. The van der Waals surface area contributed by atoms with Gasteiger partial charge in [-0.05, 0) is 80.3 Å². The Bertz CT molecular complexity index is 1440. The monoisotopic (exact) mass is 669 g/mol. The molecule has 1 saturated carbocycles. The predicted octanol–water partition coefficient (Wildman–Crippen LogP) is 6.30. The first-order chi connectivity index (χ1) is 20.7. The van der Waals surface area contributed by atoms with E-state index in [9.17, 15) is 18.0 Å². The molecule has 2 amide bonds. The summed E-state index contributed by atoms with van der Waals surface area (Å²) >= 11 is 3.36. The number of ether oxygens (including phenoxy) is 1. The molecule has 8 nitrogen and oxygen atoms in total. The molecule has 3 aromatic rings. The third-order valence-corrected chi connectivity index (χ3v) is 9.97. The standard InChI is InChI=1S/C33H40BrN3O5S/c1-3-31(33(39)35-27-13-9-6-10-14-27)36(23-25-11-7-5-8-12-25)32(38)24-37(28-17-19-29(20-18-28)42-4-2)43(40,41)30-21-15-26(34)16-22-30/h5,7-8,11-12,15-22,27,31H,3-4,6,9-10,13-14,23-24H2,1-2H3,(H,35,39). The van der Waals surface area contributed by atoms with Gasteiger partial charge in [-0.2, -0.15) is 0 Å². The number of hydrogen-bond donors (Lipinski definition) is 1. The van der Waals surface area contributed by atoms with Gasteiger partial charge < -0.3 is 15.0 Å². The van der Waals surface area contributed by atoms with Gasteiger partial charge in [-0.25, -0.2) is 8.42 Å². The molecule has 0 aliphatic heterocycles. The summed E-state index contributed by atoms with van der Waals surface area (Å²) in [5, 5.41) is 3.17. The lowest BCUT2D eigenvalue weighted by Crippen LogP contribution is -2.54. The normalized spacial score (nSPS) is 14.5. The number of carbonyl (C=O) groups excluding carboxylic acids is 2. The zero-order valence-electron chi connectivity index (χ0n) is 24.7. The number of nitrogens with zero attached hydrogens (tertiary/aromatic N) is 2. The van der Waals surface area contributed by atoms with Crippen molar-refractivity contribution in [2.75, 3.05) is 17.5 Å². The molecule has 0 saturated heterocycles. The fourth-order valence-corrected chi connectivity index (χ4v) is 7.06. The van der Waals surface area contributed by atoms with E-state index in [1.54, 1.807) is 36.4 Å². The molecule has 1 aliphatic carbocycles. The highest BCUT2D eigenvalue weighted by atomic mass is 79.9. The van der Waals surface area contributed by atoms with E-state index in [1.807, 2.05) is 44.2 Å². The van der Waals surface area contributed by atoms with Gasteiger partial charge in [-0.1, -0.05) is 72.4 Å². The van der Waals surface area contributed by atoms with Crippen molar-refractivity contribution in [3.63, 3.8) is 0 Å². The Balaban J connectivity index is 1.69. The largest absolute Gasteiger partial charge is 0.494 e. The number of rotatable bonds is 13. The second kappa shape index (κ2) is 15.4. The highest BCUT2D eigenvalue weighted by Crippen LogP contribution is 2.28. The third-order valence-electron chi connectivity index (χ3n) is 7.65. The Morgan fingerprint density at radius 1 is 0.930 bits per heavy atom. The molecule has 0 heterocycles. The maximum absolute atomic E-state index is 14.2. The zero-order valence-corrected chi connectivity index (χ0v) is 27.1. The Labute approximate surface area is 263 Å². The lowest BCUT2D eigenvalue weighted by molar-refractivity contribution is -0.140. The van der Waals surface area contributed by atoms with Gasteiger partial charge in [0.25, 0.3) is 10.0 Å². The molecule has 0 aromatic heterocycles. The quantitative estimate of drug-likeness (QED) is 0.230. The lowest BCUT2D eigenvalue weighted by atomic mass is 9.95. The van der Waals surface area contributed by atoms with Crippen LogP contribution < -0.4 is 14.4 Å². The maximum atomic E-state index is 14.2. The van der Waals surface area contributed by atoms with Crippen LogP contribution in [0.4, 0.5) is 5.69 Å². The summed E-state index contributed by atoms with van der Waals surface area (Å²) in [4.78, 5) is 29.4. The molecular formula is C33H40BrN3O5S. The molecule has 1 atom stereocenters. The number of carbonyl (C=O) groups is 2. The minimum atomic E-state index is -4.15. The zero-order chi connectivity index (χ0) is 30.8. The number of nitrogens with one attached hydrogen (secondary N) is 1. The van der Waals surface area contributed by atoms with E-state index in [0.29, 0.717) is 24.5 Å². The van der Waals surface area contributed by atoms with Crippen LogP contribution >= 0.6 is 15.9 Å². The van der Waals surface area contributed by atoms with Gasteiger partial charge >= 0.3 is 0 Å². The van der Waals surface area contributed by atoms with Crippen LogP contribution in [-0.4, -0.2) is 50.4 Å². The summed E-state index contributed by atoms with van der Waals surface area (Å²) in [5.41, 5.74) is 1.17. The molecule has 4 rings (SSSR count). The first-order valence-electron chi connectivity index (χ1n) is 14.9. The Morgan fingerprint density at radius 2 is 1.58 bits per heavy atom. The highest BCUT2D eigenvalue weighted by molar-refractivity contribution is 9.10. The summed E-state index contributed by atoms with van der Waals surface area (Å²) < 4.78 is 35.5. The third kappa shape index (κ3) is 8.60. The minimum Gasteiger partial charge on any atom is -0.494 e. The fourth-order valence-electron chi connectivity index (χ4n) is 5.38. The molecule has 1 unspecified atom stereocenters. The summed E-state index contributed by atoms with van der Waals surface area (Å²) in [7, 11) is -4.15. The van der Waals surface area contributed by atoms with Gasteiger partial charge in [0.1, 0.15) is 18.3 Å².